The lowest BCUT2D eigenvalue weighted by Gasteiger charge is -2.30. The molecule has 3 aromatic rings. The first kappa shape index (κ1) is 25.8. The molecule has 10 nitrogen and oxygen atoms in total. The van der Waals surface area contributed by atoms with Gasteiger partial charge in [0.15, 0.2) is 11.7 Å². The van der Waals surface area contributed by atoms with Crippen molar-refractivity contribution in [3.63, 3.8) is 0 Å². The zero-order chi connectivity index (χ0) is 25.7. The van der Waals surface area contributed by atoms with Crippen LogP contribution in [-0.2, 0) is 14.3 Å². The Kier molecular flexibility index (Phi) is 8.20. The van der Waals surface area contributed by atoms with Crippen LogP contribution in [-0.4, -0.2) is 41.2 Å². The highest BCUT2D eigenvalue weighted by Crippen LogP contribution is 2.35. The first-order valence-electron chi connectivity index (χ1n) is 10.6. The maximum Gasteiger partial charge on any atom is 0.325 e. The highest BCUT2D eigenvalue weighted by atomic mass is 32.1. The summed E-state index contributed by atoms with van der Waals surface area (Å²) in [5.74, 6) is -2.70. The lowest BCUT2D eigenvalue weighted by atomic mass is 10.1. The highest BCUT2D eigenvalue weighted by Gasteiger charge is 2.37. The lowest BCUT2D eigenvalue weighted by molar-refractivity contribution is -0.143. The molecule has 0 aliphatic rings. The maximum absolute atomic E-state index is 13.9. The zero-order valence-electron chi connectivity index (χ0n) is 19.4. The van der Waals surface area contributed by atoms with Crippen LogP contribution in [0.5, 0.6) is 0 Å². The van der Waals surface area contributed by atoms with Gasteiger partial charge in [0, 0.05) is 10.6 Å². The Labute approximate surface area is 210 Å². The number of nitrogen functional groups attached to an aromatic ring is 1. The summed E-state index contributed by atoms with van der Waals surface area (Å²) >= 11 is 2.00. The maximum atomic E-state index is 13.9. The van der Waals surface area contributed by atoms with Crippen molar-refractivity contribution in [2.45, 2.75) is 26.8 Å². The van der Waals surface area contributed by atoms with Gasteiger partial charge in [0.05, 0.1) is 12.3 Å². The molecule has 2 aromatic heterocycles. The molecule has 184 valence electrons. The Hall–Kier alpha value is -3.77. The van der Waals surface area contributed by atoms with E-state index in [1.807, 2.05) is 19.9 Å². The van der Waals surface area contributed by atoms with Gasteiger partial charge >= 0.3 is 5.97 Å². The number of rotatable bonds is 9. The summed E-state index contributed by atoms with van der Waals surface area (Å²) in [6, 6.07) is 7.78. The van der Waals surface area contributed by atoms with Crippen LogP contribution in [0.2, 0.25) is 0 Å². The Morgan fingerprint density at radius 3 is 2.40 bits per heavy atom. The summed E-state index contributed by atoms with van der Waals surface area (Å²) in [5.41, 5.74) is 13.2. The fourth-order valence-electron chi connectivity index (χ4n) is 3.50. The molecule has 1 aromatic carbocycles. The van der Waals surface area contributed by atoms with Crippen LogP contribution in [0, 0.1) is 13.8 Å². The summed E-state index contributed by atoms with van der Waals surface area (Å²) < 4.78 is 8.83. The van der Waals surface area contributed by atoms with Gasteiger partial charge in [-0.3, -0.25) is 24.1 Å². The number of anilines is 2. The molecule has 0 aliphatic carbocycles. The van der Waals surface area contributed by atoms with Crippen LogP contribution in [0.3, 0.4) is 0 Å². The minimum Gasteiger partial charge on any atom is -0.465 e. The highest BCUT2D eigenvalue weighted by molar-refractivity contribution is 7.10. The van der Waals surface area contributed by atoms with Crippen molar-refractivity contribution in [3.05, 3.63) is 62.3 Å². The summed E-state index contributed by atoms with van der Waals surface area (Å²) in [5, 5.41) is 4.34. The van der Waals surface area contributed by atoms with Crippen LogP contribution >= 0.6 is 22.9 Å². The van der Waals surface area contributed by atoms with E-state index in [-0.39, 0.29) is 29.4 Å². The van der Waals surface area contributed by atoms with Crippen LogP contribution in [0.15, 0.2) is 35.7 Å². The molecule has 0 aliphatic heterocycles. The second kappa shape index (κ2) is 11.1. The van der Waals surface area contributed by atoms with E-state index in [1.165, 1.54) is 16.2 Å². The molecule has 3 amide bonds. The first-order chi connectivity index (χ1) is 16.6. The molecule has 0 spiro atoms. The largest absolute Gasteiger partial charge is 0.465 e. The van der Waals surface area contributed by atoms with Crippen LogP contribution in [0.1, 0.15) is 49.1 Å². The number of primary amides is 1. The number of aryl methyl sites for hydroxylation is 2. The van der Waals surface area contributed by atoms with Crippen molar-refractivity contribution in [1.82, 2.24) is 9.69 Å². The predicted molar refractivity (Wildman–Crippen MR) is 134 cm³/mol. The third kappa shape index (κ3) is 5.84. The Morgan fingerprint density at radius 1 is 1.17 bits per heavy atom. The van der Waals surface area contributed by atoms with E-state index < -0.39 is 29.7 Å². The zero-order valence-corrected chi connectivity index (χ0v) is 21.0. The van der Waals surface area contributed by atoms with Crippen molar-refractivity contribution in [1.29, 1.82) is 0 Å². The molecule has 5 N–H and O–H groups in total. The van der Waals surface area contributed by atoms with Gasteiger partial charge in [-0.05, 0) is 67.0 Å². The van der Waals surface area contributed by atoms with Gasteiger partial charge in [0.25, 0.3) is 11.8 Å². The number of hydrogen-bond donors (Lipinski definition) is 3. The van der Waals surface area contributed by atoms with Gasteiger partial charge in [0.1, 0.15) is 11.4 Å². The average Bonchev–Trinajstić information content (AvgIpc) is 3.44. The second-order valence-corrected chi connectivity index (χ2v) is 9.35. The summed E-state index contributed by atoms with van der Waals surface area (Å²) in [6.07, 6.45) is 0. The molecule has 3 rings (SSSR count). The summed E-state index contributed by atoms with van der Waals surface area (Å²) in [6.45, 7) is 5.20. The van der Waals surface area contributed by atoms with E-state index in [1.54, 1.807) is 36.6 Å². The number of hydrogen-bond acceptors (Lipinski definition) is 9. The number of carbonyl (C=O) groups is 4. The van der Waals surface area contributed by atoms with Crippen molar-refractivity contribution >= 4 is 57.9 Å². The number of aromatic nitrogens is 1. The number of ether oxygens (including phenoxy) is 1. The van der Waals surface area contributed by atoms with Crippen molar-refractivity contribution in [3.8, 4) is 0 Å². The molecule has 35 heavy (non-hydrogen) atoms. The fraction of sp³-hybridized carbons (Fsp3) is 0.261. The monoisotopic (exact) mass is 515 g/mol. The molecule has 0 bridgehead atoms. The molecule has 12 heteroatoms. The number of nitrogens with zero attached hydrogens (tertiary/aromatic N) is 2. The lowest BCUT2D eigenvalue weighted by Crippen LogP contribution is -2.45. The van der Waals surface area contributed by atoms with E-state index in [2.05, 4.69) is 9.69 Å². The van der Waals surface area contributed by atoms with Crippen LogP contribution in [0.4, 0.5) is 11.4 Å². The topological polar surface area (TPSA) is 158 Å². The fourth-order valence-corrected chi connectivity index (χ4v) is 5.06. The molecular formula is C23H25N5O5S2. The Bertz CT molecular complexity index is 1230. The molecule has 1 atom stereocenters. The van der Waals surface area contributed by atoms with Gasteiger partial charge in [-0.1, -0.05) is 12.1 Å². The van der Waals surface area contributed by atoms with Gasteiger partial charge in [0.2, 0.25) is 5.91 Å². The van der Waals surface area contributed by atoms with Crippen LogP contribution in [0.25, 0.3) is 0 Å². The number of esters is 1. The summed E-state index contributed by atoms with van der Waals surface area (Å²) in [4.78, 5) is 52.7. The Morgan fingerprint density at radius 2 is 1.86 bits per heavy atom. The Balaban J connectivity index is 2.14. The second-order valence-electron chi connectivity index (χ2n) is 7.60. The number of benzene rings is 1. The quantitative estimate of drug-likeness (QED) is 0.370. The average molecular weight is 516 g/mol. The number of amides is 3. The van der Waals surface area contributed by atoms with Gasteiger partial charge in [-0.2, -0.15) is 4.37 Å². The number of nitrogens with two attached hydrogens (primary N) is 2. The molecule has 0 saturated carbocycles. The van der Waals surface area contributed by atoms with Gasteiger partial charge in [-0.25, -0.2) is 0 Å². The minimum absolute atomic E-state index is 0.0299. The third-order valence-electron chi connectivity index (χ3n) is 4.89. The number of thiophene rings is 1. The minimum atomic E-state index is -1.14. The standard InChI is InChI=1S/C23H25N5O5S2/c1-4-33-16(29)11-26-22(31)19(15-6-5-7-34-15)28(14-9-12(2)8-13(3)10-14)23(32)20-17(24)18(21(25)30)27-35-20/h5-10,19H,4,11,24H2,1-3H3,(H2,25,30)(H,26,31). The van der Waals surface area contributed by atoms with E-state index in [9.17, 15) is 19.2 Å². The molecule has 2 heterocycles. The molecule has 1 unspecified atom stereocenters. The number of nitrogens with one attached hydrogen (secondary N) is 1. The van der Waals surface area contributed by atoms with Crippen molar-refractivity contribution in [2.24, 2.45) is 5.73 Å². The summed E-state index contributed by atoms with van der Waals surface area (Å²) in [7, 11) is 0. The van der Waals surface area contributed by atoms with E-state index in [0.717, 1.165) is 22.7 Å². The normalized spacial score (nSPS) is 11.5. The van der Waals surface area contributed by atoms with Crippen molar-refractivity contribution < 1.29 is 23.9 Å². The van der Waals surface area contributed by atoms with E-state index in [0.29, 0.717) is 10.6 Å². The third-order valence-corrected chi connectivity index (χ3v) is 6.67. The predicted octanol–water partition coefficient (Wildman–Crippen LogP) is 2.57. The van der Waals surface area contributed by atoms with Crippen molar-refractivity contribution in [2.75, 3.05) is 23.8 Å². The molecule has 0 saturated heterocycles. The molecular weight excluding hydrogens is 490 g/mol. The van der Waals surface area contributed by atoms with Gasteiger partial charge < -0.3 is 21.5 Å². The first-order valence-corrected chi connectivity index (χ1v) is 12.2. The van der Waals surface area contributed by atoms with E-state index >= 15 is 0 Å². The molecule has 0 radical (unpaired) electrons. The van der Waals surface area contributed by atoms with Crippen LogP contribution < -0.4 is 21.7 Å². The SMILES string of the molecule is CCOC(=O)CNC(=O)C(c1cccs1)N(C(=O)c1snc(C(N)=O)c1N)c1cc(C)cc(C)c1. The smallest absolute Gasteiger partial charge is 0.325 e. The molecule has 0 fully saturated rings. The van der Waals surface area contributed by atoms with E-state index in [4.69, 9.17) is 16.2 Å². The number of carbonyl (C=O) groups excluding carboxylic acids is 4. The van der Waals surface area contributed by atoms with Gasteiger partial charge in [-0.15, -0.1) is 11.3 Å².